The number of halogens is 1. The molecule has 1 unspecified atom stereocenters. The molecule has 1 amide bonds. The summed E-state index contributed by atoms with van der Waals surface area (Å²) in [4.78, 5) is 20.7. The van der Waals surface area contributed by atoms with Gasteiger partial charge in [-0.05, 0) is 18.1 Å². The van der Waals surface area contributed by atoms with E-state index in [0.717, 1.165) is 18.6 Å². The standard InChI is InChI=1S/C12H14FN3O3/c13-10-5-8(1-3-11(10)16(18)19)6-14-7-9-2-4-12(17)15-9/h1,3,5,9,14H,2,4,6-7H2,(H,15,17). The molecule has 102 valence electrons. The van der Waals surface area contributed by atoms with Crippen LogP contribution in [-0.2, 0) is 11.3 Å². The topological polar surface area (TPSA) is 84.3 Å². The number of nitro groups is 1. The fourth-order valence-corrected chi connectivity index (χ4v) is 2.03. The summed E-state index contributed by atoms with van der Waals surface area (Å²) in [5.74, 6) is -0.786. The fraction of sp³-hybridized carbons (Fsp3) is 0.417. The Balaban J connectivity index is 1.84. The van der Waals surface area contributed by atoms with Gasteiger partial charge < -0.3 is 10.6 Å². The zero-order valence-electron chi connectivity index (χ0n) is 10.2. The molecule has 1 heterocycles. The van der Waals surface area contributed by atoms with Crippen LogP contribution in [0, 0.1) is 15.9 Å². The summed E-state index contributed by atoms with van der Waals surface area (Å²) >= 11 is 0. The van der Waals surface area contributed by atoms with Crippen molar-refractivity contribution >= 4 is 11.6 Å². The van der Waals surface area contributed by atoms with Gasteiger partial charge in [0.25, 0.3) is 0 Å². The van der Waals surface area contributed by atoms with Crippen LogP contribution in [0.25, 0.3) is 0 Å². The first-order valence-electron chi connectivity index (χ1n) is 5.99. The maximum absolute atomic E-state index is 13.4. The molecule has 0 aliphatic carbocycles. The van der Waals surface area contributed by atoms with E-state index in [0.29, 0.717) is 25.1 Å². The van der Waals surface area contributed by atoms with Crippen molar-refractivity contribution in [3.63, 3.8) is 0 Å². The number of nitrogens with zero attached hydrogens (tertiary/aromatic N) is 1. The smallest absolute Gasteiger partial charge is 0.304 e. The molecule has 1 aromatic carbocycles. The van der Waals surface area contributed by atoms with Crippen LogP contribution in [0.2, 0.25) is 0 Å². The van der Waals surface area contributed by atoms with Crippen molar-refractivity contribution in [1.82, 2.24) is 10.6 Å². The molecular formula is C12H14FN3O3. The van der Waals surface area contributed by atoms with E-state index in [1.807, 2.05) is 0 Å². The molecule has 0 radical (unpaired) electrons. The van der Waals surface area contributed by atoms with Crippen LogP contribution >= 0.6 is 0 Å². The predicted molar refractivity (Wildman–Crippen MR) is 65.9 cm³/mol. The molecule has 1 atom stereocenters. The second kappa shape index (κ2) is 5.75. The number of hydrogen-bond donors (Lipinski definition) is 2. The van der Waals surface area contributed by atoms with Crippen molar-refractivity contribution in [3.8, 4) is 0 Å². The Morgan fingerprint density at radius 2 is 2.32 bits per heavy atom. The van der Waals surface area contributed by atoms with Crippen molar-refractivity contribution < 1.29 is 14.1 Å². The van der Waals surface area contributed by atoms with Crippen LogP contribution in [0.5, 0.6) is 0 Å². The number of nitrogens with one attached hydrogen (secondary N) is 2. The lowest BCUT2D eigenvalue weighted by Gasteiger charge is -2.11. The summed E-state index contributed by atoms with van der Waals surface area (Å²) in [5.41, 5.74) is 0.110. The summed E-state index contributed by atoms with van der Waals surface area (Å²) in [6, 6.07) is 3.93. The highest BCUT2D eigenvalue weighted by atomic mass is 19.1. The molecular weight excluding hydrogens is 253 g/mol. The largest absolute Gasteiger partial charge is 0.352 e. The first-order valence-corrected chi connectivity index (χ1v) is 5.99. The number of carbonyl (C=O) groups excluding carboxylic acids is 1. The van der Waals surface area contributed by atoms with Gasteiger partial charge in [0, 0.05) is 31.6 Å². The highest BCUT2D eigenvalue weighted by Gasteiger charge is 2.20. The first kappa shape index (κ1) is 13.4. The maximum atomic E-state index is 13.4. The van der Waals surface area contributed by atoms with E-state index in [1.165, 1.54) is 6.07 Å². The van der Waals surface area contributed by atoms with Gasteiger partial charge in [-0.2, -0.15) is 4.39 Å². The van der Waals surface area contributed by atoms with E-state index in [1.54, 1.807) is 0 Å². The molecule has 0 aromatic heterocycles. The minimum Gasteiger partial charge on any atom is -0.352 e. The quantitative estimate of drug-likeness (QED) is 0.618. The van der Waals surface area contributed by atoms with E-state index < -0.39 is 16.4 Å². The van der Waals surface area contributed by atoms with Crippen LogP contribution in [0.1, 0.15) is 18.4 Å². The molecule has 2 N–H and O–H groups in total. The lowest BCUT2D eigenvalue weighted by Crippen LogP contribution is -2.35. The molecule has 1 fully saturated rings. The maximum Gasteiger partial charge on any atom is 0.304 e. The summed E-state index contributed by atoms with van der Waals surface area (Å²) < 4.78 is 13.4. The molecule has 1 saturated heterocycles. The third-order valence-electron chi connectivity index (χ3n) is 3.01. The summed E-state index contributed by atoms with van der Waals surface area (Å²) in [6.07, 6.45) is 1.33. The van der Waals surface area contributed by atoms with Gasteiger partial charge in [-0.1, -0.05) is 6.07 Å². The Bertz CT molecular complexity index is 507. The van der Waals surface area contributed by atoms with Crippen LogP contribution in [0.3, 0.4) is 0 Å². The van der Waals surface area contributed by atoms with Gasteiger partial charge in [0.05, 0.1) is 4.92 Å². The lowest BCUT2D eigenvalue weighted by molar-refractivity contribution is -0.387. The Morgan fingerprint density at radius 1 is 1.53 bits per heavy atom. The van der Waals surface area contributed by atoms with Gasteiger partial charge in [-0.15, -0.1) is 0 Å². The number of carbonyl (C=O) groups is 1. The highest BCUT2D eigenvalue weighted by Crippen LogP contribution is 2.17. The van der Waals surface area contributed by atoms with E-state index in [9.17, 15) is 19.3 Å². The van der Waals surface area contributed by atoms with E-state index in [-0.39, 0.29) is 11.9 Å². The molecule has 1 aliphatic heterocycles. The monoisotopic (exact) mass is 267 g/mol. The van der Waals surface area contributed by atoms with Crippen LogP contribution in [-0.4, -0.2) is 23.4 Å². The zero-order chi connectivity index (χ0) is 13.8. The molecule has 1 aliphatic rings. The first-order chi connectivity index (χ1) is 9.06. The van der Waals surface area contributed by atoms with Gasteiger partial charge in [0.15, 0.2) is 0 Å². The van der Waals surface area contributed by atoms with Gasteiger partial charge in [-0.25, -0.2) is 0 Å². The van der Waals surface area contributed by atoms with Crippen molar-refractivity contribution in [1.29, 1.82) is 0 Å². The van der Waals surface area contributed by atoms with E-state index in [4.69, 9.17) is 0 Å². The Kier molecular flexibility index (Phi) is 4.06. The lowest BCUT2D eigenvalue weighted by atomic mass is 10.2. The number of hydrogen-bond acceptors (Lipinski definition) is 4. The van der Waals surface area contributed by atoms with Crippen molar-refractivity contribution in [3.05, 3.63) is 39.7 Å². The second-order valence-corrected chi connectivity index (χ2v) is 4.48. The minimum atomic E-state index is -0.835. The zero-order valence-corrected chi connectivity index (χ0v) is 10.2. The molecule has 7 heteroatoms. The molecule has 0 saturated carbocycles. The van der Waals surface area contributed by atoms with Crippen molar-refractivity contribution in [2.75, 3.05) is 6.54 Å². The summed E-state index contributed by atoms with van der Waals surface area (Å²) in [6.45, 7) is 1.01. The average Bonchev–Trinajstić information content (AvgIpc) is 2.75. The van der Waals surface area contributed by atoms with Gasteiger partial charge >= 0.3 is 5.69 Å². The van der Waals surface area contributed by atoms with Crippen LogP contribution < -0.4 is 10.6 Å². The van der Waals surface area contributed by atoms with E-state index >= 15 is 0 Å². The fourth-order valence-electron chi connectivity index (χ4n) is 2.03. The van der Waals surface area contributed by atoms with Crippen LogP contribution in [0.15, 0.2) is 18.2 Å². The number of rotatable bonds is 5. The van der Waals surface area contributed by atoms with E-state index in [2.05, 4.69) is 10.6 Å². The number of benzene rings is 1. The van der Waals surface area contributed by atoms with Crippen molar-refractivity contribution in [2.45, 2.75) is 25.4 Å². The molecule has 6 nitrogen and oxygen atoms in total. The number of amides is 1. The third kappa shape index (κ3) is 3.47. The Hall–Kier alpha value is -2.02. The predicted octanol–water partition coefficient (Wildman–Crippen LogP) is 1.10. The average molecular weight is 267 g/mol. The van der Waals surface area contributed by atoms with Gasteiger partial charge in [-0.3, -0.25) is 14.9 Å². The minimum absolute atomic E-state index is 0.0492. The van der Waals surface area contributed by atoms with Crippen LogP contribution in [0.4, 0.5) is 10.1 Å². The molecule has 2 rings (SSSR count). The molecule has 0 spiro atoms. The Labute approximate surface area is 109 Å². The summed E-state index contributed by atoms with van der Waals surface area (Å²) in [7, 11) is 0. The normalized spacial score (nSPS) is 18.4. The number of nitro benzene ring substituents is 1. The molecule has 1 aromatic rings. The van der Waals surface area contributed by atoms with Crippen molar-refractivity contribution in [2.24, 2.45) is 0 Å². The Morgan fingerprint density at radius 3 is 2.89 bits per heavy atom. The van der Waals surface area contributed by atoms with Gasteiger partial charge in [0.2, 0.25) is 11.7 Å². The molecule has 19 heavy (non-hydrogen) atoms. The summed E-state index contributed by atoms with van der Waals surface area (Å²) in [5, 5.41) is 16.4. The second-order valence-electron chi connectivity index (χ2n) is 4.48. The molecule has 0 bridgehead atoms. The third-order valence-corrected chi connectivity index (χ3v) is 3.01. The highest BCUT2D eigenvalue weighted by molar-refractivity contribution is 5.78. The SMILES string of the molecule is O=C1CCC(CNCc2ccc([N+](=O)[O-])c(F)c2)N1. The van der Waals surface area contributed by atoms with Gasteiger partial charge in [0.1, 0.15) is 0 Å².